The number of rotatable bonds is 3. The number of carbonyl (C=O) groups is 1. The molecule has 1 fully saturated rings. The van der Waals surface area contributed by atoms with Gasteiger partial charge in [0.05, 0.1) is 18.8 Å². The molecule has 0 aliphatic carbocycles. The maximum atomic E-state index is 12.0. The van der Waals surface area contributed by atoms with E-state index >= 15 is 0 Å². The fourth-order valence-corrected chi connectivity index (χ4v) is 2.12. The predicted molar refractivity (Wildman–Crippen MR) is 77.0 cm³/mol. The second kappa shape index (κ2) is 6.30. The molecule has 1 unspecified atom stereocenters. The molecule has 0 radical (unpaired) electrons. The maximum Gasteiger partial charge on any atom is 0.410 e. The van der Waals surface area contributed by atoms with Gasteiger partial charge >= 0.3 is 6.09 Å². The fourth-order valence-electron chi connectivity index (χ4n) is 2.12. The van der Waals surface area contributed by atoms with Gasteiger partial charge in [-0.05, 0) is 26.8 Å². The quantitative estimate of drug-likeness (QED) is 0.922. The Morgan fingerprint density at radius 1 is 1.52 bits per heavy atom. The molecule has 0 aromatic carbocycles. The molecular weight excluding hydrogens is 272 g/mol. The molecule has 1 aliphatic heterocycles. The lowest BCUT2D eigenvalue weighted by Crippen LogP contribution is -2.36. The van der Waals surface area contributed by atoms with Gasteiger partial charge in [0.2, 0.25) is 0 Å². The number of hydrogen-bond acceptors (Lipinski definition) is 5. The Hall–Kier alpha value is -1.82. The zero-order valence-corrected chi connectivity index (χ0v) is 12.7. The minimum Gasteiger partial charge on any atom is -0.488 e. The van der Waals surface area contributed by atoms with Crippen molar-refractivity contribution in [3.63, 3.8) is 0 Å². The van der Waals surface area contributed by atoms with Crippen LogP contribution in [0.1, 0.15) is 32.9 Å². The van der Waals surface area contributed by atoms with E-state index in [-0.39, 0.29) is 18.8 Å². The van der Waals surface area contributed by atoms with Crippen LogP contribution in [0.3, 0.4) is 0 Å². The number of ether oxygens (including phenoxy) is 2. The SMILES string of the molecule is CC(C)(C)OC(=O)N1CCC(Oc2ccnc(CO)c2)C1. The van der Waals surface area contributed by atoms with Gasteiger partial charge in [-0.2, -0.15) is 0 Å². The number of aliphatic hydroxyl groups is 1. The number of pyridine rings is 1. The molecule has 2 heterocycles. The van der Waals surface area contributed by atoms with Gasteiger partial charge in [0.25, 0.3) is 0 Å². The smallest absolute Gasteiger partial charge is 0.410 e. The lowest BCUT2D eigenvalue weighted by Gasteiger charge is -2.24. The first-order valence-electron chi connectivity index (χ1n) is 7.08. The summed E-state index contributed by atoms with van der Waals surface area (Å²) in [4.78, 5) is 17.6. The summed E-state index contributed by atoms with van der Waals surface area (Å²) in [6.45, 7) is 6.56. The lowest BCUT2D eigenvalue weighted by atomic mass is 10.2. The first kappa shape index (κ1) is 15.6. The van der Waals surface area contributed by atoms with Crippen molar-refractivity contribution in [3.05, 3.63) is 24.0 Å². The number of amides is 1. The van der Waals surface area contributed by atoms with Crippen LogP contribution in [-0.4, -0.2) is 45.9 Å². The molecule has 6 nitrogen and oxygen atoms in total. The van der Waals surface area contributed by atoms with Crippen molar-refractivity contribution in [2.45, 2.75) is 45.5 Å². The van der Waals surface area contributed by atoms with Crippen LogP contribution in [0.25, 0.3) is 0 Å². The van der Waals surface area contributed by atoms with E-state index in [9.17, 15) is 4.79 Å². The van der Waals surface area contributed by atoms with Crippen LogP contribution in [0.4, 0.5) is 4.79 Å². The molecule has 0 saturated carbocycles. The summed E-state index contributed by atoms with van der Waals surface area (Å²) < 4.78 is 11.2. The Morgan fingerprint density at radius 2 is 2.29 bits per heavy atom. The van der Waals surface area contributed by atoms with Crippen LogP contribution in [0.15, 0.2) is 18.3 Å². The summed E-state index contributed by atoms with van der Waals surface area (Å²) >= 11 is 0. The predicted octanol–water partition coefficient (Wildman–Crippen LogP) is 1.96. The lowest BCUT2D eigenvalue weighted by molar-refractivity contribution is 0.0275. The van der Waals surface area contributed by atoms with Crippen LogP contribution >= 0.6 is 0 Å². The van der Waals surface area contributed by atoms with Crippen molar-refractivity contribution in [2.24, 2.45) is 0 Å². The van der Waals surface area contributed by atoms with E-state index in [0.717, 1.165) is 6.42 Å². The second-order valence-corrected chi connectivity index (χ2v) is 6.10. The van der Waals surface area contributed by atoms with E-state index in [1.807, 2.05) is 20.8 Å². The van der Waals surface area contributed by atoms with Crippen LogP contribution in [-0.2, 0) is 11.3 Å². The summed E-state index contributed by atoms with van der Waals surface area (Å²) in [6, 6.07) is 3.45. The maximum absolute atomic E-state index is 12.0. The average molecular weight is 294 g/mol. The van der Waals surface area contributed by atoms with E-state index in [1.54, 1.807) is 23.2 Å². The highest BCUT2D eigenvalue weighted by Gasteiger charge is 2.30. The molecule has 1 N–H and O–H groups in total. The summed E-state index contributed by atoms with van der Waals surface area (Å²) in [5, 5.41) is 9.06. The number of likely N-dealkylation sites (tertiary alicyclic amines) is 1. The van der Waals surface area contributed by atoms with Gasteiger partial charge in [0.15, 0.2) is 0 Å². The molecule has 1 aromatic heterocycles. The minimum atomic E-state index is -0.489. The van der Waals surface area contributed by atoms with Crippen molar-refractivity contribution < 1.29 is 19.4 Å². The first-order chi connectivity index (χ1) is 9.87. The molecule has 1 aromatic rings. The van der Waals surface area contributed by atoms with Crippen molar-refractivity contribution in [1.29, 1.82) is 0 Å². The Bertz CT molecular complexity index is 499. The van der Waals surface area contributed by atoms with Gasteiger partial charge in [0, 0.05) is 25.2 Å². The minimum absolute atomic E-state index is 0.0635. The number of nitrogens with zero attached hydrogens (tertiary/aromatic N) is 2. The number of carbonyl (C=O) groups excluding carboxylic acids is 1. The summed E-state index contributed by atoms with van der Waals surface area (Å²) in [5.41, 5.74) is 0.0754. The molecule has 0 spiro atoms. The van der Waals surface area contributed by atoms with Crippen molar-refractivity contribution in [3.8, 4) is 5.75 Å². The van der Waals surface area contributed by atoms with Crippen LogP contribution in [0, 0.1) is 0 Å². The third kappa shape index (κ3) is 4.60. The Morgan fingerprint density at radius 3 is 2.95 bits per heavy atom. The topological polar surface area (TPSA) is 71.9 Å². The van der Waals surface area contributed by atoms with Gasteiger partial charge in [-0.25, -0.2) is 4.79 Å². The molecule has 1 amide bonds. The van der Waals surface area contributed by atoms with Gasteiger partial charge in [-0.15, -0.1) is 0 Å². The zero-order chi connectivity index (χ0) is 15.5. The molecule has 21 heavy (non-hydrogen) atoms. The highest BCUT2D eigenvalue weighted by Crippen LogP contribution is 2.20. The molecule has 1 aliphatic rings. The first-order valence-corrected chi connectivity index (χ1v) is 7.08. The molecule has 2 rings (SSSR count). The summed E-state index contributed by atoms with van der Waals surface area (Å²) in [5.74, 6) is 0.657. The van der Waals surface area contributed by atoms with Gasteiger partial charge in [-0.3, -0.25) is 4.98 Å². The third-order valence-electron chi connectivity index (χ3n) is 3.05. The van der Waals surface area contributed by atoms with E-state index in [0.29, 0.717) is 24.5 Å². The molecular formula is C15H22N2O4. The highest BCUT2D eigenvalue weighted by atomic mass is 16.6. The molecule has 116 valence electrons. The standard InChI is InChI=1S/C15H22N2O4/c1-15(2,3)21-14(19)17-7-5-13(9-17)20-12-4-6-16-11(8-12)10-18/h4,6,8,13,18H,5,7,9-10H2,1-3H3. The van der Waals surface area contributed by atoms with Crippen LogP contribution in [0.2, 0.25) is 0 Å². The summed E-state index contributed by atoms with van der Waals surface area (Å²) in [6.07, 6.45) is 1.99. The number of hydrogen-bond donors (Lipinski definition) is 1. The largest absolute Gasteiger partial charge is 0.488 e. The van der Waals surface area contributed by atoms with Crippen LogP contribution in [0.5, 0.6) is 5.75 Å². The highest BCUT2D eigenvalue weighted by molar-refractivity contribution is 5.68. The van der Waals surface area contributed by atoms with Crippen molar-refractivity contribution >= 4 is 6.09 Å². The molecule has 1 saturated heterocycles. The van der Waals surface area contributed by atoms with E-state index in [2.05, 4.69) is 4.98 Å². The van der Waals surface area contributed by atoms with E-state index < -0.39 is 5.60 Å². The Balaban J connectivity index is 1.89. The van der Waals surface area contributed by atoms with Gasteiger partial charge < -0.3 is 19.5 Å². The van der Waals surface area contributed by atoms with Gasteiger partial charge in [-0.1, -0.05) is 0 Å². The summed E-state index contributed by atoms with van der Waals surface area (Å²) in [7, 11) is 0. The van der Waals surface area contributed by atoms with E-state index in [4.69, 9.17) is 14.6 Å². The Labute approximate surface area is 124 Å². The van der Waals surface area contributed by atoms with Crippen molar-refractivity contribution in [1.82, 2.24) is 9.88 Å². The zero-order valence-electron chi connectivity index (χ0n) is 12.7. The fraction of sp³-hybridized carbons (Fsp3) is 0.600. The third-order valence-corrected chi connectivity index (χ3v) is 3.05. The monoisotopic (exact) mass is 294 g/mol. The average Bonchev–Trinajstić information content (AvgIpc) is 2.85. The second-order valence-electron chi connectivity index (χ2n) is 6.10. The van der Waals surface area contributed by atoms with E-state index in [1.165, 1.54) is 0 Å². The van der Waals surface area contributed by atoms with Crippen LogP contribution < -0.4 is 4.74 Å². The molecule has 0 bridgehead atoms. The molecule has 1 atom stereocenters. The van der Waals surface area contributed by atoms with Gasteiger partial charge in [0.1, 0.15) is 17.5 Å². The number of aromatic nitrogens is 1. The normalized spacial score (nSPS) is 18.7. The molecule has 6 heteroatoms. The van der Waals surface area contributed by atoms with Crippen molar-refractivity contribution in [2.75, 3.05) is 13.1 Å². The Kier molecular flexibility index (Phi) is 4.67. The number of aliphatic hydroxyl groups excluding tert-OH is 1.